The average molecular weight is 396 g/mol. The molecule has 1 aliphatic rings. The first kappa shape index (κ1) is 20.9. The van der Waals surface area contributed by atoms with Crippen LogP contribution in [0.1, 0.15) is 48.5 Å². The predicted molar refractivity (Wildman–Crippen MR) is 110 cm³/mol. The zero-order valence-electron chi connectivity index (χ0n) is 16.8. The Balaban J connectivity index is 1.40. The summed E-state index contributed by atoms with van der Waals surface area (Å²) < 4.78 is 16.3. The van der Waals surface area contributed by atoms with Gasteiger partial charge in [-0.25, -0.2) is 4.79 Å². The van der Waals surface area contributed by atoms with Crippen LogP contribution in [-0.2, 0) is 20.9 Å². The summed E-state index contributed by atoms with van der Waals surface area (Å²) in [5, 5.41) is 0. The van der Waals surface area contributed by atoms with Crippen molar-refractivity contribution in [3.63, 3.8) is 0 Å². The van der Waals surface area contributed by atoms with Gasteiger partial charge in [0, 0.05) is 0 Å². The van der Waals surface area contributed by atoms with E-state index in [1.54, 1.807) is 24.3 Å². The lowest BCUT2D eigenvalue weighted by Crippen LogP contribution is -2.26. The second kappa shape index (κ2) is 10.6. The highest BCUT2D eigenvalue weighted by molar-refractivity contribution is 5.89. The third-order valence-corrected chi connectivity index (χ3v) is 5.26. The van der Waals surface area contributed by atoms with Gasteiger partial charge in [-0.2, -0.15) is 0 Å². The number of ether oxygens (including phenoxy) is 3. The van der Waals surface area contributed by atoms with Crippen LogP contribution in [0.4, 0.5) is 0 Å². The largest absolute Gasteiger partial charge is 0.493 e. The van der Waals surface area contributed by atoms with Crippen LogP contribution >= 0.6 is 0 Å². The van der Waals surface area contributed by atoms with Gasteiger partial charge in [-0.3, -0.25) is 4.79 Å². The Kier molecular flexibility index (Phi) is 7.68. The van der Waals surface area contributed by atoms with Crippen molar-refractivity contribution in [2.75, 3.05) is 13.2 Å². The Morgan fingerprint density at radius 3 is 2.24 bits per heavy atom. The van der Waals surface area contributed by atoms with E-state index in [-0.39, 0.29) is 24.5 Å². The minimum Gasteiger partial charge on any atom is -0.493 e. The molecule has 0 spiro atoms. The van der Waals surface area contributed by atoms with E-state index in [2.05, 4.69) is 0 Å². The van der Waals surface area contributed by atoms with E-state index in [1.807, 2.05) is 37.3 Å². The standard InChI is InChI=1S/C24H28O5/c1-2-27-23(25)20-10-8-19(9-11-20)16-28-22-14-12-21(13-15-22)24(26)29-17-18-6-4-3-5-7-18/h3-7,12-15,19-20H,2,8-11,16-17H2,1H3. The molecule has 3 rings (SSSR count). The number of carbonyl (C=O) groups is 2. The molecule has 29 heavy (non-hydrogen) atoms. The van der Waals surface area contributed by atoms with E-state index in [4.69, 9.17) is 14.2 Å². The van der Waals surface area contributed by atoms with Crippen molar-refractivity contribution in [2.45, 2.75) is 39.2 Å². The second-order valence-electron chi connectivity index (χ2n) is 7.37. The quantitative estimate of drug-likeness (QED) is 0.600. The van der Waals surface area contributed by atoms with Crippen molar-refractivity contribution in [2.24, 2.45) is 11.8 Å². The maximum atomic E-state index is 12.2. The summed E-state index contributed by atoms with van der Waals surface area (Å²) >= 11 is 0. The molecular formula is C24H28O5. The summed E-state index contributed by atoms with van der Waals surface area (Å²) in [6.45, 7) is 3.16. The maximum Gasteiger partial charge on any atom is 0.338 e. The smallest absolute Gasteiger partial charge is 0.338 e. The van der Waals surface area contributed by atoms with Crippen LogP contribution in [-0.4, -0.2) is 25.2 Å². The summed E-state index contributed by atoms with van der Waals surface area (Å²) in [6, 6.07) is 16.6. The molecule has 1 aliphatic carbocycles. The van der Waals surface area contributed by atoms with Gasteiger partial charge in [0.05, 0.1) is 24.7 Å². The molecule has 0 heterocycles. The van der Waals surface area contributed by atoms with Gasteiger partial charge >= 0.3 is 11.9 Å². The molecule has 2 aromatic carbocycles. The summed E-state index contributed by atoms with van der Waals surface area (Å²) in [4.78, 5) is 24.0. The van der Waals surface area contributed by atoms with Crippen LogP contribution in [0.2, 0.25) is 0 Å². The van der Waals surface area contributed by atoms with Crippen molar-refractivity contribution in [3.8, 4) is 5.75 Å². The van der Waals surface area contributed by atoms with Crippen LogP contribution in [0.25, 0.3) is 0 Å². The number of carbonyl (C=O) groups excluding carboxylic acids is 2. The fourth-order valence-electron chi connectivity index (χ4n) is 3.53. The minimum atomic E-state index is -0.349. The van der Waals surface area contributed by atoms with Gasteiger partial charge in [-0.1, -0.05) is 30.3 Å². The molecule has 0 saturated heterocycles. The van der Waals surface area contributed by atoms with Crippen LogP contribution < -0.4 is 4.74 Å². The van der Waals surface area contributed by atoms with Gasteiger partial charge in [0.15, 0.2) is 0 Å². The molecule has 0 aliphatic heterocycles. The Morgan fingerprint density at radius 1 is 0.897 bits per heavy atom. The summed E-state index contributed by atoms with van der Waals surface area (Å²) in [6.07, 6.45) is 3.65. The Morgan fingerprint density at radius 2 is 1.59 bits per heavy atom. The first-order chi connectivity index (χ1) is 14.2. The van der Waals surface area contributed by atoms with Gasteiger partial charge in [-0.15, -0.1) is 0 Å². The first-order valence-corrected chi connectivity index (χ1v) is 10.3. The van der Waals surface area contributed by atoms with Crippen molar-refractivity contribution < 1.29 is 23.8 Å². The van der Waals surface area contributed by atoms with Crippen molar-refractivity contribution in [1.82, 2.24) is 0 Å². The van der Waals surface area contributed by atoms with Crippen molar-refractivity contribution >= 4 is 11.9 Å². The van der Waals surface area contributed by atoms with E-state index in [0.29, 0.717) is 24.7 Å². The van der Waals surface area contributed by atoms with Crippen LogP contribution in [0, 0.1) is 11.8 Å². The monoisotopic (exact) mass is 396 g/mol. The van der Waals surface area contributed by atoms with E-state index in [1.165, 1.54) is 0 Å². The molecular weight excluding hydrogens is 368 g/mol. The minimum absolute atomic E-state index is 0.0346. The molecule has 0 atom stereocenters. The lowest BCUT2D eigenvalue weighted by atomic mass is 9.82. The third kappa shape index (κ3) is 6.34. The summed E-state index contributed by atoms with van der Waals surface area (Å²) in [5.41, 5.74) is 1.46. The molecule has 2 aromatic rings. The van der Waals surface area contributed by atoms with E-state index in [0.717, 1.165) is 37.0 Å². The molecule has 1 saturated carbocycles. The van der Waals surface area contributed by atoms with Crippen LogP contribution in [0.15, 0.2) is 54.6 Å². The molecule has 0 radical (unpaired) electrons. The number of benzene rings is 2. The fourth-order valence-corrected chi connectivity index (χ4v) is 3.53. The maximum absolute atomic E-state index is 12.2. The van der Waals surface area contributed by atoms with Gasteiger partial charge in [-0.05, 0) is 68.4 Å². The first-order valence-electron chi connectivity index (χ1n) is 10.3. The average Bonchev–Trinajstić information content (AvgIpc) is 2.77. The molecule has 0 bridgehead atoms. The van der Waals surface area contributed by atoms with E-state index < -0.39 is 0 Å². The molecule has 0 amide bonds. The molecule has 0 unspecified atom stereocenters. The zero-order chi connectivity index (χ0) is 20.5. The van der Waals surface area contributed by atoms with Gasteiger partial charge < -0.3 is 14.2 Å². The number of hydrogen-bond acceptors (Lipinski definition) is 5. The zero-order valence-corrected chi connectivity index (χ0v) is 16.8. The normalized spacial score (nSPS) is 18.7. The van der Waals surface area contributed by atoms with E-state index in [9.17, 15) is 9.59 Å². The molecule has 5 nitrogen and oxygen atoms in total. The Labute approximate surface area is 172 Å². The Bertz CT molecular complexity index is 777. The molecule has 0 aromatic heterocycles. The highest BCUT2D eigenvalue weighted by atomic mass is 16.5. The topological polar surface area (TPSA) is 61.8 Å². The summed E-state index contributed by atoms with van der Waals surface area (Å²) in [5.74, 6) is 0.792. The highest BCUT2D eigenvalue weighted by Gasteiger charge is 2.27. The van der Waals surface area contributed by atoms with E-state index >= 15 is 0 Å². The molecule has 154 valence electrons. The lowest BCUT2D eigenvalue weighted by molar-refractivity contribution is -0.149. The third-order valence-electron chi connectivity index (χ3n) is 5.26. The van der Waals surface area contributed by atoms with Gasteiger partial charge in [0.1, 0.15) is 12.4 Å². The van der Waals surface area contributed by atoms with Crippen LogP contribution in [0.3, 0.4) is 0 Å². The lowest BCUT2D eigenvalue weighted by Gasteiger charge is -2.27. The SMILES string of the molecule is CCOC(=O)C1CCC(COc2ccc(C(=O)OCc3ccccc3)cc2)CC1. The number of hydrogen-bond donors (Lipinski definition) is 0. The number of esters is 2. The number of rotatable bonds is 8. The fraction of sp³-hybridized carbons (Fsp3) is 0.417. The molecule has 5 heteroatoms. The summed E-state index contributed by atoms with van der Waals surface area (Å²) in [7, 11) is 0. The van der Waals surface area contributed by atoms with Crippen molar-refractivity contribution in [1.29, 1.82) is 0 Å². The predicted octanol–water partition coefficient (Wildman–Crippen LogP) is 4.79. The molecule has 1 fully saturated rings. The van der Waals surface area contributed by atoms with Gasteiger partial charge in [0.25, 0.3) is 0 Å². The molecule has 0 N–H and O–H groups in total. The van der Waals surface area contributed by atoms with Gasteiger partial charge in [0.2, 0.25) is 0 Å². The second-order valence-corrected chi connectivity index (χ2v) is 7.37. The van der Waals surface area contributed by atoms with Crippen LogP contribution in [0.5, 0.6) is 5.75 Å². The highest BCUT2D eigenvalue weighted by Crippen LogP contribution is 2.30. The van der Waals surface area contributed by atoms with Crippen molar-refractivity contribution in [3.05, 3.63) is 65.7 Å². The Hall–Kier alpha value is -2.82.